The average molecular weight is 289 g/mol. The van der Waals surface area contributed by atoms with Crippen molar-refractivity contribution >= 4 is 23.0 Å². The molecule has 104 valence electrons. The minimum Gasteiger partial charge on any atom is -0.508 e. The fraction of sp³-hybridized carbons (Fsp3) is 0.200. The van der Waals surface area contributed by atoms with Crippen molar-refractivity contribution in [1.29, 1.82) is 0 Å². The smallest absolute Gasteiger partial charge is 0.228 e. The maximum atomic E-state index is 11.9. The second-order valence-corrected chi connectivity index (χ2v) is 5.68. The third kappa shape index (κ3) is 2.10. The van der Waals surface area contributed by atoms with E-state index < -0.39 is 5.54 Å². The predicted octanol–water partition coefficient (Wildman–Crippen LogP) is 2.42. The SMILES string of the molecule is O=C1CC(=O)NC(c2ccc(O)cc2)(c2ccsc2)C1.[HH]. The Morgan fingerprint density at radius 3 is 2.50 bits per heavy atom. The number of piperidine rings is 1. The molecule has 0 bridgehead atoms. The number of carbonyl (C=O) groups excluding carboxylic acids is 2. The molecular weight excluding hydrogens is 274 g/mol. The van der Waals surface area contributed by atoms with Crippen molar-refractivity contribution in [2.45, 2.75) is 18.4 Å². The summed E-state index contributed by atoms with van der Waals surface area (Å²) in [5, 5.41) is 16.2. The van der Waals surface area contributed by atoms with Gasteiger partial charge in [0.2, 0.25) is 5.91 Å². The zero-order valence-electron chi connectivity index (χ0n) is 10.6. The van der Waals surface area contributed by atoms with Crippen LogP contribution in [0.5, 0.6) is 5.75 Å². The molecule has 2 heterocycles. The third-order valence-electron chi connectivity index (χ3n) is 3.55. The van der Waals surface area contributed by atoms with Crippen molar-refractivity contribution in [2.24, 2.45) is 0 Å². The van der Waals surface area contributed by atoms with Crippen LogP contribution in [0.1, 0.15) is 25.4 Å². The molecular formula is C15H15NO3S. The number of aromatic hydroxyl groups is 1. The highest BCUT2D eigenvalue weighted by atomic mass is 32.1. The van der Waals surface area contributed by atoms with E-state index in [0.29, 0.717) is 0 Å². The lowest BCUT2D eigenvalue weighted by atomic mass is 9.77. The van der Waals surface area contributed by atoms with Gasteiger partial charge in [-0.05, 0) is 40.1 Å². The van der Waals surface area contributed by atoms with Gasteiger partial charge in [0.05, 0.1) is 12.0 Å². The summed E-state index contributed by atoms with van der Waals surface area (Å²) in [6, 6.07) is 8.53. The quantitative estimate of drug-likeness (QED) is 0.834. The molecule has 1 aromatic heterocycles. The number of phenolic OH excluding ortho intramolecular Hbond substituents is 1. The molecule has 2 aromatic rings. The van der Waals surface area contributed by atoms with Crippen molar-refractivity contribution in [3.8, 4) is 5.75 Å². The summed E-state index contributed by atoms with van der Waals surface area (Å²) >= 11 is 1.52. The fourth-order valence-corrected chi connectivity index (χ4v) is 3.36. The second-order valence-electron chi connectivity index (χ2n) is 4.90. The Morgan fingerprint density at radius 2 is 1.90 bits per heavy atom. The molecule has 0 aliphatic carbocycles. The molecule has 5 heteroatoms. The Bertz CT molecular complexity index is 636. The minimum absolute atomic E-state index is 0. The van der Waals surface area contributed by atoms with Crippen molar-refractivity contribution < 1.29 is 16.1 Å². The lowest BCUT2D eigenvalue weighted by Crippen LogP contribution is -2.52. The van der Waals surface area contributed by atoms with Gasteiger partial charge in [-0.15, -0.1) is 0 Å². The fourth-order valence-electron chi connectivity index (χ4n) is 2.63. The van der Waals surface area contributed by atoms with E-state index in [1.165, 1.54) is 11.3 Å². The molecule has 3 rings (SSSR count). The number of rotatable bonds is 2. The van der Waals surface area contributed by atoms with E-state index >= 15 is 0 Å². The normalized spacial score (nSPS) is 22.6. The van der Waals surface area contributed by atoms with Gasteiger partial charge in [-0.1, -0.05) is 12.1 Å². The molecule has 0 saturated carbocycles. The van der Waals surface area contributed by atoms with Gasteiger partial charge < -0.3 is 10.4 Å². The predicted molar refractivity (Wildman–Crippen MR) is 77.7 cm³/mol. The summed E-state index contributed by atoms with van der Waals surface area (Å²) in [7, 11) is 0. The summed E-state index contributed by atoms with van der Waals surface area (Å²) in [6.45, 7) is 0. The number of amides is 1. The first-order chi connectivity index (χ1) is 9.60. The number of nitrogens with one attached hydrogen (secondary N) is 1. The van der Waals surface area contributed by atoms with Gasteiger partial charge in [0, 0.05) is 7.85 Å². The van der Waals surface area contributed by atoms with Crippen LogP contribution < -0.4 is 5.32 Å². The average Bonchev–Trinajstić information content (AvgIpc) is 2.92. The molecule has 1 unspecified atom stereocenters. The van der Waals surface area contributed by atoms with Crippen LogP contribution in [0, 0.1) is 0 Å². The van der Waals surface area contributed by atoms with E-state index in [0.717, 1.165) is 11.1 Å². The van der Waals surface area contributed by atoms with Gasteiger partial charge in [-0.25, -0.2) is 0 Å². The van der Waals surface area contributed by atoms with E-state index in [1.807, 2.05) is 16.8 Å². The van der Waals surface area contributed by atoms with Gasteiger partial charge >= 0.3 is 0 Å². The number of hydrogen-bond donors (Lipinski definition) is 2. The van der Waals surface area contributed by atoms with Crippen LogP contribution in [-0.2, 0) is 15.1 Å². The monoisotopic (exact) mass is 289 g/mol. The Morgan fingerprint density at radius 1 is 1.15 bits per heavy atom. The van der Waals surface area contributed by atoms with Crippen LogP contribution in [0.3, 0.4) is 0 Å². The number of benzene rings is 1. The number of ketones is 1. The Kier molecular flexibility index (Phi) is 3.06. The molecule has 1 atom stereocenters. The summed E-state index contributed by atoms with van der Waals surface area (Å²) in [4.78, 5) is 23.8. The zero-order valence-corrected chi connectivity index (χ0v) is 11.4. The third-order valence-corrected chi connectivity index (χ3v) is 4.23. The Hall–Kier alpha value is -2.14. The Labute approximate surface area is 121 Å². The molecule has 1 aromatic carbocycles. The van der Waals surface area contributed by atoms with Gasteiger partial charge in [0.25, 0.3) is 0 Å². The van der Waals surface area contributed by atoms with Crippen molar-refractivity contribution in [3.63, 3.8) is 0 Å². The summed E-state index contributed by atoms with van der Waals surface area (Å²) in [5.41, 5.74) is 0.879. The molecule has 1 aliphatic rings. The lowest BCUT2D eigenvalue weighted by molar-refractivity contribution is -0.133. The van der Waals surface area contributed by atoms with Crippen LogP contribution >= 0.6 is 11.3 Å². The largest absolute Gasteiger partial charge is 0.508 e. The Balaban J connectivity index is 0.00000161. The minimum atomic E-state index is -0.819. The summed E-state index contributed by atoms with van der Waals surface area (Å²) in [6.07, 6.45) is 0.171. The molecule has 1 amide bonds. The molecule has 2 N–H and O–H groups in total. The molecule has 20 heavy (non-hydrogen) atoms. The van der Waals surface area contributed by atoms with Gasteiger partial charge in [-0.3, -0.25) is 9.59 Å². The number of thiophene rings is 1. The van der Waals surface area contributed by atoms with Crippen LogP contribution in [0.2, 0.25) is 0 Å². The molecule has 4 nitrogen and oxygen atoms in total. The first-order valence-corrected chi connectivity index (χ1v) is 7.19. The molecule has 1 aliphatic heterocycles. The standard InChI is InChI=1S/C15H13NO3S.H2/c17-12-3-1-10(2-4-12)15(11-5-6-20-9-11)8-13(18)7-14(19)16-15;/h1-6,9,17H,7-8H2,(H,16,19);1H. The second kappa shape index (κ2) is 4.76. The maximum absolute atomic E-state index is 11.9. The molecule has 0 radical (unpaired) electrons. The van der Waals surface area contributed by atoms with E-state index in [4.69, 9.17) is 0 Å². The van der Waals surface area contributed by atoms with Crippen molar-refractivity contribution in [3.05, 3.63) is 52.2 Å². The van der Waals surface area contributed by atoms with Crippen molar-refractivity contribution in [2.75, 3.05) is 0 Å². The molecule has 1 saturated heterocycles. The van der Waals surface area contributed by atoms with Gasteiger partial charge in [0.1, 0.15) is 11.5 Å². The van der Waals surface area contributed by atoms with E-state index in [1.54, 1.807) is 24.3 Å². The van der Waals surface area contributed by atoms with Crippen LogP contribution in [0.25, 0.3) is 0 Å². The highest BCUT2D eigenvalue weighted by Gasteiger charge is 2.42. The van der Waals surface area contributed by atoms with Crippen LogP contribution in [-0.4, -0.2) is 16.8 Å². The number of hydrogen-bond acceptors (Lipinski definition) is 4. The first kappa shape index (κ1) is 12.9. The first-order valence-electron chi connectivity index (χ1n) is 6.25. The summed E-state index contributed by atoms with van der Waals surface area (Å²) in [5.74, 6) is -0.184. The van der Waals surface area contributed by atoms with Crippen LogP contribution in [0.15, 0.2) is 41.1 Å². The topological polar surface area (TPSA) is 66.4 Å². The number of Topliss-reactive ketones (excluding diaryl/α,β-unsaturated/α-hetero) is 1. The zero-order chi connectivity index (χ0) is 14.2. The lowest BCUT2D eigenvalue weighted by Gasteiger charge is -2.37. The maximum Gasteiger partial charge on any atom is 0.228 e. The highest BCUT2D eigenvalue weighted by molar-refractivity contribution is 7.08. The number of phenols is 1. The molecule has 1 fully saturated rings. The van der Waals surface area contributed by atoms with Crippen molar-refractivity contribution in [1.82, 2.24) is 5.32 Å². The number of carbonyl (C=O) groups is 2. The molecule has 0 spiro atoms. The highest BCUT2D eigenvalue weighted by Crippen LogP contribution is 2.37. The van der Waals surface area contributed by atoms with E-state index in [-0.39, 0.29) is 31.7 Å². The summed E-state index contributed by atoms with van der Waals surface area (Å²) < 4.78 is 0. The van der Waals surface area contributed by atoms with Gasteiger partial charge in [-0.2, -0.15) is 11.3 Å². The van der Waals surface area contributed by atoms with E-state index in [9.17, 15) is 14.7 Å². The van der Waals surface area contributed by atoms with Crippen LogP contribution in [0.4, 0.5) is 0 Å². The van der Waals surface area contributed by atoms with E-state index in [2.05, 4.69) is 5.32 Å². The van der Waals surface area contributed by atoms with Gasteiger partial charge in [0.15, 0.2) is 0 Å².